The quantitative estimate of drug-likeness (QED) is 0.195. The molecule has 0 bridgehead atoms. The topological polar surface area (TPSA) is 208 Å². The Kier molecular flexibility index (Phi) is 9.86. The van der Waals surface area contributed by atoms with Crippen LogP contribution in [0, 0.1) is 5.92 Å². The van der Waals surface area contributed by atoms with E-state index < -0.39 is 66.7 Å². The van der Waals surface area contributed by atoms with Crippen LogP contribution in [0.4, 0.5) is 0 Å². The summed E-state index contributed by atoms with van der Waals surface area (Å²) >= 11 is 0. The first-order valence-corrected chi connectivity index (χ1v) is 9.79. The summed E-state index contributed by atoms with van der Waals surface area (Å²) in [5.41, 5.74) is 5.29. The number of carboxylic acid groups (broad SMARTS) is 2. The number of nitrogens with two attached hydrogens (primary N) is 1. The minimum Gasteiger partial charge on any atom is -0.481 e. The number of amides is 4. The lowest BCUT2D eigenvalue weighted by atomic mass is 10.0. The van der Waals surface area contributed by atoms with E-state index in [4.69, 9.17) is 15.9 Å². The molecule has 1 rings (SSSR count). The average Bonchev–Trinajstić information content (AvgIpc) is 3.18. The first-order valence-electron chi connectivity index (χ1n) is 9.79. The van der Waals surface area contributed by atoms with Crippen molar-refractivity contribution in [1.82, 2.24) is 20.9 Å². The van der Waals surface area contributed by atoms with Crippen molar-refractivity contribution in [3.8, 4) is 0 Å². The van der Waals surface area contributed by atoms with Crippen LogP contribution in [0.5, 0.6) is 0 Å². The molecule has 1 fully saturated rings. The molecule has 3 atom stereocenters. The lowest BCUT2D eigenvalue weighted by molar-refractivity contribution is -0.147. The maximum Gasteiger partial charge on any atom is 0.326 e. The van der Waals surface area contributed by atoms with E-state index in [1.165, 1.54) is 4.90 Å². The molecule has 4 amide bonds. The Hall–Kier alpha value is -3.22. The minimum atomic E-state index is -1.63. The van der Waals surface area contributed by atoms with Crippen LogP contribution < -0.4 is 21.7 Å². The fourth-order valence-electron chi connectivity index (χ4n) is 3.13. The van der Waals surface area contributed by atoms with Gasteiger partial charge in [-0.2, -0.15) is 0 Å². The van der Waals surface area contributed by atoms with Crippen molar-refractivity contribution >= 4 is 35.6 Å². The first kappa shape index (κ1) is 25.8. The van der Waals surface area contributed by atoms with Gasteiger partial charge >= 0.3 is 11.9 Å². The molecule has 0 aromatic rings. The molecular weight excluding hydrogens is 414 g/mol. The van der Waals surface area contributed by atoms with Gasteiger partial charge in [0.25, 0.3) is 0 Å². The molecule has 0 saturated carbocycles. The SMILES string of the molecule is CC(C)C(NC(=O)CN)C(=O)N1CCCC1C(=O)NCC(=O)NC(CC(=O)O)C(=O)O. The number of hydrogen-bond acceptors (Lipinski definition) is 7. The average molecular weight is 443 g/mol. The van der Waals surface area contributed by atoms with E-state index in [2.05, 4.69) is 10.6 Å². The van der Waals surface area contributed by atoms with Crippen molar-refractivity contribution < 1.29 is 39.0 Å². The van der Waals surface area contributed by atoms with Gasteiger partial charge < -0.3 is 36.8 Å². The molecule has 3 unspecified atom stereocenters. The molecule has 7 N–H and O–H groups in total. The predicted octanol–water partition coefficient (Wildman–Crippen LogP) is -2.76. The number of rotatable bonds is 11. The third-order valence-electron chi connectivity index (χ3n) is 4.71. The number of carbonyl (C=O) groups is 6. The monoisotopic (exact) mass is 443 g/mol. The lowest BCUT2D eigenvalue weighted by Gasteiger charge is -2.30. The molecule has 0 aromatic carbocycles. The van der Waals surface area contributed by atoms with Crippen molar-refractivity contribution in [3.05, 3.63) is 0 Å². The van der Waals surface area contributed by atoms with Gasteiger partial charge in [-0.15, -0.1) is 0 Å². The molecule has 1 heterocycles. The van der Waals surface area contributed by atoms with Gasteiger partial charge in [0.1, 0.15) is 18.1 Å². The van der Waals surface area contributed by atoms with E-state index in [0.29, 0.717) is 19.4 Å². The molecule has 1 saturated heterocycles. The van der Waals surface area contributed by atoms with Crippen LogP contribution in [0.15, 0.2) is 0 Å². The van der Waals surface area contributed by atoms with Crippen LogP contribution in [0.25, 0.3) is 0 Å². The molecule has 0 radical (unpaired) electrons. The zero-order valence-corrected chi connectivity index (χ0v) is 17.4. The summed E-state index contributed by atoms with van der Waals surface area (Å²) in [5.74, 6) is -5.61. The first-order chi connectivity index (χ1) is 14.5. The van der Waals surface area contributed by atoms with E-state index in [9.17, 15) is 28.8 Å². The van der Waals surface area contributed by atoms with E-state index in [-0.39, 0.29) is 12.5 Å². The highest BCUT2D eigenvalue weighted by molar-refractivity contribution is 5.94. The molecule has 174 valence electrons. The molecule has 0 aliphatic carbocycles. The Balaban J connectivity index is 2.72. The summed E-state index contributed by atoms with van der Waals surface area (Å²) < 4.78 is 0. The second-order valence-corrected chi connectivity index (χ2v) is 7.46. The van der Waals surface area contributed by atoms with Crippen molar-refractivity contribution in [2.24, 2.45) is 11.7 Å². The summed E-state index contributed by atoms with van der Waals surface area (Å²) in [5, 5.41) is 24.5. The minimum absolute atomic E-state index is 0.250. The zero-order valence-electron chi connectivity index (χ0n) is 17.4. The van der Waals surface area contributed by atoms with Crippen LogP contribution in [0.3, 0.4) is 0 Å². The molecule has 1 aliphatic heterocycles. The largest absolute Gasteiger partial charge is 0.481 e. The fraction of sp³-hybridized carbons (Fsp3) is 0.667. The predicted molar refractivity (Wildman–Crippen MR) is 105 cm³/mol. The van der Waals surface area contributed by atoms with Gasteiger partial charge in [0, 0.05) is 6.54 Å². The van der Waals surface area contributed by atoms with Gasteiger partial charge in [0.15, 0.2) is 0 Å². The number of carbonyl (C=O) groups excluding carboxylic acids is 4. The Morgan fingerprint density at radius 2 is 1.71 bits per heavy atom. The fourth-order valence-corrected chi connectivity index (χ4v) is 3.13. The molecule has 13 heteroatoms. The third kappa shape index (κ3) is 7.85. The van der Waals surface area contributed by atoms with Crippen molar-refractivity contribution in [2.75, 3.05) is 19.6 Å². The van der Waals surface area contributed by atoms with Crippen LogP contribution in [-0.2, 0) is 28.8 Å². The van der Waals surface area contributed by atoms with Gasteiger partial charge in [-0.3, -0.25) is 24.0 Å². The zero-order chi connectivity index (χ0) is 23.7. The molecular formula is C18H29N5O8. The molecule has 0 spiro atoms. The third-order valence-corrected chi connectivity index (χ3v) is 4.71. The number of nitrogens with zero attached hydrogens (tertiary/aromatic N) is 1. The van der Waals surface area contributed by atoms with Gasteiger partial charge in [0.2, 0.25) is 23.6 Å². The van der Waals surface area contributed by atoms with E-state index in [0.717, 1.165) is 0 Å². The number of likely N-dealkylation sites (tertiary alicyclic amines) is 1. The van der Waals surface area contributed by atoms with E-state index >= 15 is 0 Å². The van der Waals surface area contributed by atoms with E-state index in [1.54, 1.807) is 13.8 Å². The van der Waals surface area contributed by atoms with Gasteiger partial charge in [0.05, 0.1) is 19.5 Å². The van der Waals surface area contributed by atoms with Gasteiger partial charge in [-0.1, -0.05) is 13.8 Å². The maximum absolute atomic E-state index is 12.9. The Morgan fingerprint density at radius 3 is 2.23 bits per heavy atom. The van der Waals surface area contributed by atoms with Crippen molar-refractivity contribution in [2.45, 2.75) is 51.2 Å². The summed E-state index contributed by atoms with van der Waals surface area (Å²) in [7, 11) is 0. The Bertz CT molecular complexity index is 726. The second-order valence-electron chi connectivity index (χ2n) is 7.46. The standard InChI is InChI=1S/C18H29N5O8/c1-9(2)15(22-12(24)7-19)17(29)23-5-3-4-11(23)16(28)20-8-13(25)21-10(18(30)31)6-14(26)27/h9-11,15H,3-8,19H2,1-2H3,(H,20,28)(H,21,25)(H,22,24)(H,26,27)(H,30,31). The van der Waals surface area contributed by atoms with Crippen molar-refractivity contribution in [3.63, 3.8) is 0 Å². The summed E-state index contributed by atoms with van der Waals surface area (Å²) in [6.07, 6.45) is 0.0853. The highest BCUT2D eigenvalue weighted by Gasteiger charge is 2.38. The number of nitrogens with one attached hydrogen (secondary N) is 3. The Labute approximate surface area is 178 Å². The number of hydrogen-bond donors (Lipinski definition) is 6. The van der Waals surface area contributed by atoms with Gasteiger partial charge in [-0.05, 0) is 18.8 Å². The maximum atomic E-state index is 12.9. The molecule has 1 aliphatic rings. The van der Waals surface area contributed by atoms with Crippen LogP contribution in [-0.4, -0.2) is 88.4 Å². The summed E-state index contributed by atoms with van der Waals surface area (Å²) in [6.45, 7) is 2.91. The van der Waals surface area contributed by atoms with Crippen LogP contribution >= 0.6 is 0 Å². The summed E-state index contributed by atoms with van der Waals surface area (Å²) in [4.78, 5) is 72.0. The van der Waals surface area contributed by atoms with E-state index in [1.807, 2.05) is 5.32 Å². The molecule has 13 nitrogen and oxygen atoms in total. The highest BCUT2D eigenvalue weighted by atomic mass is 16.4. The second kappa shape index (κ2) is 11.8. The molecule has 0 aromatic heterocycles. The van der Waals surface area contributed by atoms with Gasteiger partial charge in [-0.25, -0.2) is 4.79 Å². The lowest BCUT2D eigenvalue weighted by Crippen LogP contribution is -2.56. The Morgan fingerprint density at radius 1 is 1.06 bits per heavy atom. The van der Waals surface area contributed by atoms with Crippen LogP contribution in [0.1, 0.15) is 33.1 Å². The smallest absolute Gasteiger partial charge is 0.326 e. The molecule has 31 heavy (non-hydrogen) atoms. The van der Waals surface area contributed by atoms with Crippen LogP contribution in [0.2, 0.25) is 0 Å². The van der Waals surface area contributed by atoms with Crippen molar-refractivity contribution in [1.29, 1.82) is 0 Å². The normalized spacial score (nSPS) is 17.5. The number of carboxylic acids is 2. The number of aliphatic carboxylic acids is 2. The highest BCUT2D eigenvalue weighted by Crippen LogP contribution is 2.20. The summed E-state index contributed by atoms with van der Waals surface area (Å²) in [6, 6.07) is -3.35.